The highest BCUT2D eigenvalue weighted by Gasteiger charge is 2.32. The monoisotopic (exact) mass is 408 g/mol. The van der Waals surface area contributed by atoms with E-state index < -0.39 is 5.54 Å². The van der Waals surface area contributed by atoms with E-state index in [1.54, 1.807) is 24.3 Å². The number of pyridine rings is 1. The molecule has 1 aromatic heterocycles. The lowest BCUT2D eigenvalue weighted by Gasteiger charge is -2.30. The molecule has 29 heavy (non-hydrogen) atoms. The Morgan fingerprint density at radius 3 is 2.83 bits per heavy atom. The highest BCUT2D eigenvalue weighted by molar-refractivity contribution is 8.13. The summed E-state index contributed by atoms with van der Waals surface area (Å²) < 4.78 is 14.6. The van der Waals surface area contributed by atoms with Crippen molar-refractivity contribution in [3.05, 3.63) is 71.2 Å². The van der Waals surface area contributed by atoms with Crippen LogP contribution in [-0.2, 0) is 5.54 Å². The summed E-state index contributed by atoms with van der Waals surface area (Å²) in [7, 11) is 0. The van der Waals surface area contributed by atoms with Gasteiger partial charge in [-0.25, -0.2) is 4.39 Å². The van der Waals surface area contributed by atoms with E-state index >= 15 is 0 Å². The van der Waals surface area contributed by atoms with Crippen molar-refractivity contribution in [2.24, 2.45) is 10.7 Å². The quantitative estimate of drug-likeness (QED) is 0.664. The molecule has 1 aliphatic rings. The maximum atomic E-state index is 14.6. The second kappa shape index (κ2) is 7.48. The summed E-state index contributed by atoms with van der Waals surface area (Å²) in [6, 6.07) is 13.8. The summed E-state index contributed by atoms with van der Waals surface area (Å²) in [4.78, 5) is 21.7. The zero-order valence-corrected chi connectivity index (χ0v) is 17.0. The molecule has 0 fully saturated rings. The average Bonchev–Trinajstić information content (AvgIpc) is 2.68. The second-order valence-corrected chi connectivity index (χ2v) is 8.45. The van der Waals surface area contributed by atoms with Crippen molar-refractivity contribution in [2.75, 3.05) is 11.1 Å². The third-order valence-corrected chi connectivity index (χ3v) is 5.89. The number of thioether (sulfide) groups is 1. The molecule has 0 saturated carbocycles. The summed E-state index contributed by atoms with van der Waals surface area (Å²) >= 11 is 1.47. The van der Waals surface area contributed by atoms with Gasteiger partial charge in [0.05, 0.1) is 11.1 Å². The van der Waals surface area contributed by atoms with Gasteiger partial charge in [0.25, 0.3) is 5.91 Å². The topological polar surface area (TPSA) is 80.4 Å². The van der Waals surface area contributed by atoms with Gasteiger partial charge in [0.2, 0.25) is 0 Å². The van der Waals surface area contributed by atoms with Gasteiger partial charge in [-0.2, -0.15) is 0 Å². The smallest absolute Gasteiger partial charge is 0.255 e. The second-order valence-electron chi connectivity index (χ2n) is 7.33. The van der Waals surface area contributed by atoms with Crippen molar-refractivity contribution in [2.45, 2.75) is 25.8 Å². The molecule has 0 saturated heterocycles. The zero-order chi connectivity index (χ0) is 20.6. The Morgan fingerprint density at radius 1 is 1.21 bits per heavy atom. The van der Waals surface area contributed by atoms with E-state index in [1.807, 2.05) is 32.0 Å². The minimum absolute atomic E-state index is 0.266. The number of hydrogen-bond donors (Lipinski definition) is 2. The number of nitrogens with zero attached hydrogens (tertiary/aromatic N) is 2. The van der Waals surface area contributed by atoms with Crippen molar-refractivity contribution in [3.8, 4) is 0 Å². The van der Waals surface area contributed by atoms with Crippen LogP contribution in [0.25, 0.3) is 10.9 Å². The highest BCUT2D eigenvalue weighted by atomic mass is 32.2. The van der Waals surface area contributed by atoms with Crippen molar-refractivity contribution in [1.82, 2.24) is 4.98 Å². The number of benzene rings is 2. The normalized spacial score (nSPS) is 19.1. The van der Waals surface area contributed by atoms with Crippen molar-refractivity contribution in [1.29, 1.82) is 0 Å². The number of aliphatic imine (C=N–C) groups is 1. The van der Waals surface area contributed by atoms with Crippen LogP contribution in [0.15, 0.2) is 53.5 Å². The molecule has 1 aliphatic heterocycles. The van der Waals surface area contributed by atoms with E-state index in [-0.39, 0.29) is 11.7 Å². The molecule has 3 N–H and O–H groups in total. The van der Waals surface area contributed by atoms with Crippen LogP contribution >= 0.6 is 11.8 Å². The largest absolute Gasteiger partial charge is 0.379 e. The van der Waals surface area contributed by atoms with Gasteiger partial charge in [0.15, 0.2) is 5.17 Å². The van der Waals surface area contributed by atoms with Crippen LogP contribution in [-0.4, -0.2) is 21.8 Å². The Labute approximate surface area is 172 Å². The van der Waals surface area contributed by atoms with Crippen LogP contribution in [0.3, 0.4) is 0 Å². The first-order valence-corrected chi connectivity index (χ1v) is 10.3. The van der Waals surface area contributed by atoms with E-state index in [1.165, 1.54) is 17.8 Å². The number of anilines is 1. The predicted octanol–water partition coefficient (Wildman–Crippen LogP) is 4.60. The van der Waals surface area contributed by atoms with Crippen LogP contribution in [0.5, 0.6) is 0 Å². The minimum atomic E-state index is -0.743. The number of amides is 1. The predicted molar refractivity (Wildman–Crippen MR) is 117 cm³/mol. The Bertz CT molecular complexity index is 1150. The molecule has 0 radical (unpaired) electrons. The number of hydrogen-bond acceptors (Lipinski definition) is 5. The molecule has 2 heterocycles. The maximum absolute atomic E-state index is 14.6. The molecule has 2 aromatic carbocycles. The molecular formula is C22H21FN4OS. The number of carbonyl (C=O) groups is 1. The standard InChI is InChI=1S/C22H21FN4OS/c1-13-3-4-14-11-15(5-8-19(14)25-13)20(28)26-16-6-7-18(23)17(12-16)22(2)9-10-29-21(24)27-22/h3-8,11-12H,9-10H2,1-2H3,(H2,24,27)(H,26,28). The maximum Gasteiger partial charge on any atom is 0.255 e. The van der Waals surface area contributed by atoms with Gasteiger partial charge >= 0.3 is 0 Å². The van der Waals surface area contributed by atoms with Crippen LogP contribution in [0.4, 0.5) is 10.1 Å². The molecule has 0 aliphatic carbocycles. The first-order chi connectivity index (χ1) is 13.8. The average molecular weight is 409 g/mol. The van der Waals surface area contributed by atoms with Crippen molar-refractivity contribution >= 4 is 39.4 Å². The molecule has 1 atom stereocenters. The highest BCUT2D eigenvalue weighted by Crippen LogP contribution is 2.37. The lowest BCUT2D eigenvalue weighted by atomic mass is 9.89. The molecule has 7 heteroatoms. The number of aromatic nitrogens is 1. The summed E-state index contributed by atoms with van der Waals surface area (Å²) in [6.07, 6.45) is 0.670. The van der Waals surface area contributed by atoms with Crippen LogP contribution in [0.1, 0.15) is 35.0 Å². The van der Waals surface area contributed by atoms with E-state index in [0.717, 1.165) is 22.3 Å². The Balaban J connectivity index is 1.62. The van der Waals surface area contributed by atoms with E-state index in [0.29, 0.717) is 28.4 Å². The summed E-state index contributed by atoms with van der Waals surface area (Å²) in [5.74, 6) is 0.144. The molecule has 3 aromatic rings. The molecule has 0 bridgehead atoms. The van der Waals surface area contributed by atoms with E-state index in [9.17, 15) is 9.18 Å². The zero-order valence-electron chi connectivity index (χ0n) is 16.2. The van der Waals surface area contributed by atoms with Gasteiger partial charge < -0.3 is 11.1 Å². The number of nitrogens with two attached hydrogens (primary N) is 1. The number of halogens is 1. The Hall–Kier alpha value is -2.93. The molecule has 5 nitrogen and oxygen atoms in total. The molecule has 1 amide bonds. The molecule has 1 unspecified atom stereocenters. The fraction of sp³-hybridized carbons (Fsp3) is 0.227. The molecule has 0 spiro atoms. The Morgan fingerprint density at radius 2 is 2.03 bits per heavy atom. The lowest BCUT2D eigenvalue weighted by molar-refractivity contribution is 0.102. The number of carbonyl (C=O) groups excluding carboxylic acids is 1. The lowest BCUT2D eigenvalue weighted by Crippen LogP contribution is -2.29. The number of amidine groups is 1. The minimum Gasteiger partial charge on any atom is -0.379 e. The van der Waals surface area contributed by atoms with E-state index in [4.69, 9.17) is 5.73 Å². The first-order valence-electron chi connectivity index (χ1n) is 9.31. The van der Waals surface area contributed by atoms with Gasteiger partial charge in [-0.3, -0.25) is 14.8 Å². The number of fused-ring (bicyclic) bond motifs is 1. The molecule has 148 valence electrons. The third-order valence-electron chi connectivity index (χ3n) is 5.09. The fourth-order valence-electron chi connectivity index (χ4n) is 3.47. The fourth-order valence-corrected chi connectivity index (χ4v) is 4.44. The summed E-state index contributed by atoms with van der Waals surface area (Å²) in [5.41, 5.74) is 8.33. The van der Waals surface area contributed by atoms with Crippen molar-refractivity contribution in [3.63, 3.8) is 0 Å². The first kappa shape index (κ1) is 19.4. The van der Waals surface area contributed by atoms with Crippen LogP contribution < -0.4 is 11.1 Å². The number of aryl methyl sites for hydroxylation is 1. The third kappa shape index (κ3) is 3.96. The van der Waals surface area contributed by atoms with Gasteiger partial charge in [-0.05, 0) is 62.7 Å². The molecular weight excluding hydrogens is 387 g/mol. The van der Waals surface area contributed by atoms with Gasteiger partial charge in [0, 0.05) is 33.6 Å². The molecule has 4 rings (SSSR count). The summed E-state index contributed by atoms with van der Waals surface area (Å²) in [5, 5.41) is 4.20. The number of nitrogens with one attached hydrogen (secondary N) is 1. The van der Waals surface area contributed by atoms with Gasteiger partial charge in [0.1, 0.15) is 5.82 Å². The van der Waals surface area contributed by atoms with E-state index in [2.05, 4.69) is 15.3 Å². The van der Waals surface area contributed by atoms with Crippen molar-refractivity contribution < 1.29 is 9.18 Å². The van der Waals surface area contributed by atoms with Crippen LogP contribution in [0, 0.1) is 12.7 Å². The Kier molecular flexibility index (Phi) is 5.00. The number of rotatable bonds is 3. The SMILES string of the molecule is Cc1ccc2cc(C(=O)Nc3ccc(F)c(C4(C)CCSC(N)=N4)c3)ccc2n1. The van der Waals surface area contributed by atoms with Gasteiger partial charge in [-0.15, -0.1) is 0 Å². The van der Waals surface area contributed by atoms with Gasteiger partial charge in [-0.1, -0.05) is 17.8 Å². The van der Waals surface area contributed by atoms with Crippen LogP contribution in [0.2, 0.25) is 0 Å². The summed E-state index contributed by atoms with van der Waals surface area (Å²) in [6.45, 7) is 3.79.